The molecule has 1 aromatic rings. The van der Waals surface area contributed by atoms with Crippen molar-refractivity contribution in [1.29, 1.82) is 0 Å². The van der Waals surface area contributed by atoms with Gasteiger partial charge in [-0.25, -0.2) is 0 Å². The minimum Gasteiger partial charge on any atom is -0.386 e. The molecule has 0 aliphatic carbocycles. The molecule has 2 nitrogen and oxygen atoms in total. The zero-order valence-electron chi connectivity index (χ0n) is 8.67. The molecule has 1 aromatic carbocycles. The van der Waals surface area contributed by atoms with Gasteiger partial charge in [0.1, 0.15) is 0 Å². The molecule has 0 saturated carbocycles. The van der Waals surface area contributed by atoms with E-state index in [9.17, 15) is 5.11 Å². The highest BCUT2D eigenvalue weighted by molar-refractivity contribution is 6.31. The fourth-order valence-electron chi connectivity index (χ4n) is 1.20. The fourth-order valence-corrected chi connectivity index (χ4v) is 1.44. The standard InChI is InChI=1S/C11H15ClO2/c1-11(2,13)9-5-4-8(7-14-3)10(12)6-9/h4-6,13H,7H2,1-3H3. The van der Waals surface area contributed by atoms with E-state index in [0.717, 1.165) is 11.1 Å². The van der Waals surface area contributed by atoms with Crippen LogP contribution in [0.1, 0.15) is 25.0 Å². The highest BCUT2D eigenvalue weighted by atomic mass is 35.5. The summed E-state index contributed by atoms with van der Waals surface area (Å²) in [4.78, 5) is 0. The van der Waals surface area contributed by atoms with Gasteiger partial charge in [-0.1, -0.05) is 23.7 Å². The number of ether oxygens (including phenoxy) is 1. The molecule has 0 amide bonds. The van der Waals surface area contributed by atoms with Gasteiger partial charge in [-0.05, 0) is 31.0 Å². The Hall–Kier alpha value is -0.570. The number of rotatable bonds is 3. The van der Waals surface area contributed by atoms with Gasteiger partial charge in [0.2, 0.25) is 0 Å². The maximum absolute atomic E-state index is 9.74. The lowest BCUT2D eigenvalue weighted by Crippen LogP contribution is -2.15. The lowest BCUT2D eigenvalue weighted by molar-refractivity contribution is 0.0785. The molecule has 0 spiro atoms. The predicted molar refractivity (Wildman–Crippen MR) is 57.4 cm³/mol. The van der Waals surface area contributed by atoms with E-state index in [2.05, 4.69) is 0 Å². The predicted octanol–water partition coefficient (Wildman–Crippen LogP) is 2.71. The monoisotopic (exact) mass is 214 g/mol. The van der Waals surface area contributed by atoms with Crippen LogP contribution in [-0.2, 0) is 16.9 Å². The van der Waals surface area contributed by atoms with Crippen molar-refractivity contribution in [3.63, 3.8) is 0 Å². The summed E-state index contributed by atoms with van der Waals surface area (Å²) in [5, 5.41) is 10.4. The van der Waals surface area contributed by atoms with Crippen LogP contribution in [0.3, 0.4) is 0 Å². The minimum atomic E-state index is -0.852. The first-order valence-corrected chi connectivity index (χ1v) is 4.83. The van der Waals surface area contributed by atoms with Crippen LogP contribution in [0.4, 0.5) is 0 Å². The fraction of sp³-hybridized carbons (Fsp3) is 0.455. The van der Waals surface area contributed by atoms with Crippen molar-refractivity contribution in [2.75, 3.05) is 7.11 Å². The van der Waals surface area contributed by atoms with Gasteiger partial charge in [0.25, 0.3) is 0 Å². The Morgan fingerprint density at radius 3 is 2.50 bits per heavy atom. The molecule has 78 valence electrons. The lowest BCUT2D eigenvalue weighted by atomic mass is 9.97. The van der Waals surface area contributed by atoms with Crippen LogP contribution >= 0.6 is 11.6 Å². The van der Waals surface area contributed by atoms with E-state index in [0.29, 0.717) is 11.6 Å². The van der Waals surface area contributed by atoms with Crippen molar-refractivity contribution in [1.82, 2.24) is 0 Å². The molecular weight excluding hydrogens is 200 g/mol. The molecule has 0 heterocycles. The van der Waals surface area contributed by atoms with Crippen molar-refractivity contribution in [3.05, 3.63) is 34.3 Å². The molecule has 3 heteroatoms. The van der Waals surface area contributed by atoms with Gasteiger partial charge in [-0.2, -0.15) is 0 Å². The van der Waals surface area contributed by atoms with E-state index < -0.39 is 5.60 Å². The summed E-state index contributed by atoms with van der Waals surface area (Å²) >= 11 is 6.02. The van der Waals surface area contributed by atoms with Gasteiger partial charge >= 0.3 is 0 Å². The van der Waals surface area contributed by atoms with E-state index in [1.54, 1.807) is 27.0 Å². The van der Waals surface area contributed by atoms with Crippen molar-refractivity contribution < 1.29 is 9.84 Å². The molecule has 0 fully saturated rings. The molecule has 14 heavy (non-hydrogen) atoms. The highest BCUT2D eigenvalue weighted by Crippen LogP contribution is 2.25. The number of hydrogen-bond acceptors (Lipinski definition) is 2. The Balaban J connectivity index is 3.01. The Morgan fingerprint density at radius 1 is 1.43 bits per heavy atom. The van der Waals surface area contributed by atoms with Crippen LogP contribution in [0.25, 0.3) is 0 Å². The largest absolute Gasteiger partial charge is 0.386 e. The Kier molecular flexibility index (Phi) is 3.53. The van der Waals surface area contributed by atoms with Gasteiger partial charge < -0.3 is 9.84 Å². The Morgan fingerprint density at radius 2 is 2.07 bits per heavy atom. The van der Waals surface area contributed by atoms with E-state index in [-0.39, 0.29) is 0 Å². The first-order valence-electron chi connectivity index (χ1n) is 4.45. The lowest BCUT2D eigenvalue weighted by Gasteiger charge is -2.18. The summed E-state index contributed by atoms with van der Waals surface area (Å²) in [5.41, 5.74) is 0.888. The average Bonchev–Trinajstić information content (AvgIpc) is 2.07. The van der Waals surface area contributed by atoms with E-state index in [1.165, 1.54) is 0 Å². The molecule has 0 radical (unpaired) electrons. The van der Waals surface area contributed by atoms with E-state index in [1.807, 2.05) is 12.1 Å². The third-order valence-corrected chi connectivity index (χ3v) is 2.41. The summed E-state index contributed by atoms with van der Waals surface area (Å²) < 4.78 is 4.99. The van der Waals surface area contributed by atoms with Gasteiger partial charge in [0, 0.05) is 12.1 Å². The number of aliphatic hydroxyl groups is 1. The number of halogens is 1. The maximum Gasteiger partial charge on any atom is 0.0841 e. The highest BCUT2D eigenvalue weighted by Gasteiger charge is 2.16. The topological polar surface area (TPSA) is 29.5 Å². The van der Waals surface area contributed by atoms with Crippen LogP contribution < -0.4 is 0 Å². The molecule has 0 aliphatic rings. The van der Waals surface area contributed by atoms with Crippen LogP contribution in [0, 0.1) is 0 Å². The number of methoxy groups -OCH3 is 1. The van der Waals surface area contributed by atoms with Crippen LogP contribution in [0.15, 0.2) is 18.2 Å². The van der Waals surface area contributed by atoms with Crippen molar-refractivity contribution in [3.8, 4) is 0 Å². The van der Waals surface area contributed by atoms with Gasteiger partial charge in [-0.3, -0.25) is 0 Å². The number of hydrogen-bond donors (Lipinski definition) is 1. The minimum absolute atomic E-state index is 0.491. The third-order valence-electron chi connectivity index (χ3n) is 2.06. The maximum atomic E-state index is 9.74. The van der Waals surface area contributed by atoms with Crippen LogP contribution in [0.5, 0.6) is 0 Å². The summed E-state index contributed by atoms with van der Waals surface area (Å²) in [6, 6.07) is 5.51. The van der Waals surface area contributed by atoms with Gasteiger partial charge in [0.05, 0.1) is 12.2 Å². The first kappa shape index (κ1) is 11.5. The molecule has 0 aliphatic heterocycles. The summed E-state index contributed by atoms with van der Waals surface area (Å²) in [5.74, 6) is 0. The van der Waals surface area contributed by atoms with Crippen molar-refractivity contribution >= 4 is 11.6 Å². The normalized spacial score (nSPS) is 11.8. The number of benzene rings is 1. The molecule has 0 aromatic heterocycles. The third kappa shape index (κ3) is 2.71. The average molecular weight is 215 g/mol. The quantitative estimate of drug-likeness (QED) is 0.839. The molecule has 0 bridgehead atoms. The first-order chi connectivity index (χ1) is 6.45. The van der Waals surface area contributed by atoms with E-state index in [4.69, 9.17) is 16.3 Å². The van der Waals surface area contributed by atoms with Gasteiger partial charge in [-0.15, -0.1) is 0 Å². The summed E-state index contributed by atoms with van der Waals surface area (Å²) in [6.45, 7) is 3.95. The second kappa shape index (κ2) is 4.30. The Bertz CT molecular complexity index is 316. The van der Waals surface area contributed by atoms with Crippen LogP contribution in [-0.4, -0.2) is 12.2 Å². The zero-order valence-corrected chi connectivity index (χ0v) is 9.43. The smallest absolute Gasteiger partial charge is 0.0841 e. The molecule has 0 unspecified atom stereocenters. The second-order valence-electron chi connectivity index (χ2n) is 3.80. The molecule has 1 N–H and O–H groups in total. The molecular formula is C11H15ClO2. The Labute approximate surface area is 89.5 Å². The summed E-state index contributed by atoms with van der Waals surface area (Å²) in [7, 11) is 1.63. The SMILES string of the molecule is COCc1ccc(C(C)(C)O)cc1Cl. The second-order valence-corrected chi connectivity index (χ2v) is 4.21. The van der Waals surface area contributed by atoms with Crippen molar-refractivity contribution in [2.24, 2.45) is 0 Å². The van der Waals surface area contributed by atoms with Gasteiger partial charge in [0.15, 0.2) is 0 Å². The zero-order chi connectivity index (χ0) is 10.8. The van der Waals surface area contributed by atoms with Crippen molar-refractivity contribution in [2.45, 2.75) is 26.1 Å². The summed E-state index contributed by atoms with van der Waals surface area (Å²) in [6.07, 6.45) is 0. The molecule has 0 saturated heterocycles. The molecule has 0 atom stereocenters. The van der Waals surface area contributed by atoms with Crippen LogP contribution in [0.2, 0.25) is 5.02 Å². The molecule has 1 rings (SSSR count). The van der Waals surface area contributed by atoms with E-state index >= 15 is 0 Å².